The lowest BCUT2D eigenvalue weighted by molar-refractivity contribution is -0.146. The Hall–Kier alpha value is -2.18. The number of carbonyl (C=O) groups is 1. The molecule has 168 valence electrons. The molecule has 0 radical (unpaired) electrons. The number of aliphatic hydroxyl groups is 1. The van der Waals surface area contributed by atoms with Crippen LogP contribution in [-0.2, 0) is 4.79 Å². The summed E-state index contributed by atoms with van der Waals surface area (Å²) >= 11 is 0. The lowest BCUT2D eigenvalue weighted by Gasteiger charge is -2.38. The molecule has 1 aromatic carbocycles. The number of fused-ring (bicyclic) bond motifs is 1. The maximum Gasteiger partial charge on any atom is 0.308 e. The third-order valence-corrected chi connectivity index (χ3v) is 7.39. The van der Waals surface area contributed by atoms with Crippen LogP contribution in [-0.4, -0.2) is 52.8 Å². The molecule has 1 saturated heterocycles. The van der Waals surface area contributed by atoms with Gasteiger partial charge in [-0.25, -0.2) is 0 Å². The first-order valence-electron chi connectivity index (χ1n) is 11.6. The van der Waals surface area contributed by atoms with E-state index in [2.05, 4.69) is 9.88 Å². The minimum atomic E-state index is -0.702. The third kappa shape index (κ3) is 5.18. The molecule has 2 aliphatic rings. The molecular weight excluding hydrogens is 392 g/mol. The first kappa shape index (κ1) is 22.0. The highest BCUT2D eigenvalue weighted by Gasteiger charge is 2.34. The van der Waals surface area contributed by atoms with E-state index in [-0.39, 0.29) is 11.8 Å². The predicted molar refractivity (Wildman–Crippen MR) is 120 cm³/mol. The van der Waals surface area contributed by atoms with Crippen molar-refractivity contribution in [2.45, 2.75) is 51.0 Å². The molecule has 0 spiro atoms. The molecule has 2 fully saturated rings. The summed E-state index contributed by atoms with van der Waals surface area (Å²) < 4.78 is 5.33. The number of pyridine rings is 1. The van der Waals surface area contributed by atoms with Crippen molar-refractivity contribution in [3.05, 3.63) is 36.0 Å². The number of likely N-dealkylation sites (tertiary alicyclic amines) is 1. The lowest BCUT2D eigenvalue weighted by atomic mass is 9.80. The summed E-state index contributed by atoms with van der Waals surface area (Å²) in [6, 6.07) is 7.51. The first-order valence-corrected chi connectivity index (χ1v) is 11.6. The third-order valence-electron chi connectivity index (χ3n) is 7.39. The zero-order valence-corrected chi connectivity index (χ0v) is 18.4. The molecule has 1 saturated carbocycles. The molecule has 6 heteroatoms. The van der Waals surface area contributed by atoms with Gasteiger partial charge < -0.3 is 19.8 Å². The van der Waals surface area contributed by atoms with E-state index in [4.69, 9.17) is 4.74 Å². The molecule has 1 aliphatic carbocycles. The monoisotopic (exact) mass is 426 g/mol. The summed E-state index contributed by atoms with van der Waals surface area (Å²) in [6.45, 7) is 2.62. The number of carboxylic acid groups (broad SMARTS) is 1. The molecular formula is C25H34N2O4. The number of carboxylic acids is 1. The first-order chi connectivity index (χ1) is 15.0. The number of hydrogen-bond donors (Lipinski definition) is 2. The Kier molecular flexibility index (Phi) is 7.08. The summed E-state index contributed by atoms with van der Waals surface area (Å²) in [5, 5.41) is 21.7. The van der Waals surface area contributed by atoms with Crippen LogP contribution in [0.5, 0.6) is 5.75 Å². The number of nitrogens with zero attached hydrogens (tertiary/aromatic N) is 2. The minimum absolute atomic E-state index is 0.106. The Bertz CT molecular complexity index is 898. The number of benzene rings is 1. The van der Waals surface area contributed by atoms with Gasteiger partial charge in [-0.15, -0.1) is 0 Å². The Labute approximate surface area is 184 Å². The number of ether oxygens (including phenoxy) is 1. The molecule has 6 nitrogen and oxygen atoms in total. The number of aromatic nitrogens is 1. The Morgan fingerprint density at radius 1 is 1.26 bits per heavy atom. The van der Waals surface area contributed by atoms with Crippen LogP contribution in [0.25, 0.3) is 10.9 Å². The van der Waals surface area contributed by atoms with Crippen molar-refractivity contribution in [1.29, 1.82) is 0 Å². The maximum absolute atomic E-state index is 12.0. The zero-order chi connectivity index (χ0) is 21.8. The molecule has 0 unspecified atom stereocenters. The van der Waals surface area contributed by atoms with Crippen LogP contribution in [0.15, 0.2) is 30.5 Å². The largest absolute Gasteiger partial charge is 0.497 e. The van der Waals surface area contributed by atoms with Crippen LogP contribution in [0.1, 0.15) is 56.6 Å². The second-order valence-electron chi connectivity index (χ2n) is 9.26. The van der Waals surface area contributed by atoms with Crippen molar-refractivity contribution >= 4 is 16.9 Å². The summed E-state index contributed by atoms with van der Waals surface area (Å²) in [5.74, 6) is 0.636. The van der Waals surface area contributed by atoms with E-state index >= 15 is 0 Å². The van der Waals surface area contributed by atoms with Gasteiger partial charge in [0.2, 0.25) is 0 Å². The number of methoxy groups -OCH3 is 1. The smallest absolute Gasteiger partial charge is 0.308 e. The quantitative estimate of drug-likeness (QED) is 0.623. The minimum Gasteiger partial charge on any atom is -0.497 e. The highest BCUT2D eigenvalue weighted by molar-refractivity contribution is 5.83. The van der Waals surface area contributed by atoms with Crippen molar-refractivity contribution in [2.24, 2.45) is 17.8 Å². The SMILES string of the molecule is COc1ccc2nccc([C@@H](O)CC[C@@H]3CCN(CCC4CCC4)C[C@@H]3C(=O)O)c2c1. The average molecular weight is 427 g/mol. The molecule has 0 amide bonds. The van der Waals surface area contributed by atoms with Gasteiger partial charge in [0, 0.05) is 18.1 Å². The second kappa shape index (κ2) is 9.96. The Balaban J connectivity index is 1.37. The molecule has 4 rings (SSSR count). The predicted octanol–water partition coefficient (Wildman–Crippen LogP) is 4.27. The van der Waals surface area contributed by atoms with Gasteiger partial charge >= 0.3 is 5.97 Å². The molecule has 3 atom stereocenters. The number of rotatable bonds is 9. The fourth-order valence-electron chi connectivity index (χ4n) is 5.13. The molecule has 1 aromatic heterocycles. The Morgan fingerprint density at radius 2 is 2.10 bits per heavy atom. The van der Waals surface area contributed by atoms with Crippen LogP contribution in [0.3, 0.4) is 0 Å². The average Bonchev–Trinajstić information content (AvgIpc) is 2.75. The zero-order valence-electron chi connectivity index (χ0n) is 18.4. The van der Waals surface area contributed by atoms with E-state index in [9.17, 15) is 15.0 Å². The van der Waals surface area contributed by atoms with Crippen LogP contribution in [0, 0.1) is 17.8 Å². The standard InChI is InChI=1S/C25H34N2O4/c1-31-19-6-7-23-21(15-19)20(9-12-26-23)24(28)8-5-18-11-14-27(16-22(18)25(29)30)13-10-17-3-2-4-17/h6-7,9,12,15,17-18,22,24,28H,2-5,8,10-11,13-14,16H2,1H3,(H,29,30)/t18-,22+,24+/m1/s1. The van der Waals surface area contributed by atoms with Crippen LogP contribution in [0.4, 0.5) is 0 Å². The van der Waals surface area contributed by atoms with Crippen LogP contribution >= 0.6 is 0 Å². The molecule has 1 aliphatic heterocycles. The van der Waals surface area contributed by atoms with Crippen LogP contribution in [0.2, 0.25) is 0 Å². The van der Waals surface area contributed by atoms with Gasteiger partial charge in [-0.05, 0) is 80.4 Å². The van der Waals surface area contributed by atoms with Gasteiger partial charge in [0.05, 0.1) is 24.6 Å². The van der Waals surface area contributed by atoms with Crippen LogP contribution < -0.4 is 4.74 Å². The van der Waals surface area contributed by atoms with E-state index in [1.807, 2.05) is 24.3 Å². The van der Waals surface area contributed by atoms with E-state index in [1.165, 1.54) is 25.7 Å². The van der Waals surface area contributed by atoms with Gasteiger partial charge in [-0.1, -0.05) is 19.3 Å². The molecule has 2 aromatic rings. The summed E-state index contributed by atoms with van der Waals surface area (Å²) in [4.78, 5) is 18.7. The van der Waals surface area contributed by atoms with Gasteiger partial charge in [0.1, 0.15) is 5.75 Å². The molecule has 0 bridgehead atoms. The van der Waals surface area contributed by atoms with Crippen molar-refractivity contribution in [2.75, 3.05) is 26.7 Å². The molecule has 2 heterocycles. The van der Waals surface area contributed by atoms with E-state index in [0.717, 1.165) is 47.6 Å². The van der Waals surface area contributed by atoms with E-state index in [1.54, 1.807) is 13.3 Å². The highest BCUT2D eigenvalue weighted by Crippen LogP contribution is 2.35. The van der Waals surface area contributed by atoms with E-state index in [0.29, 0.717) is 19.4 Å². The van der Waals surface area contributed by atoms with E-state index < -0.39 is 12.1 Å². The lowest BCUT2D eigenvalue weighted by Crippen LogP contribution is -2.44. The molecule has 31 heavy (non-hydrogen) atoms. The summed E-state index contributed by atoms with van der Waals surface area (Å²) in [5.41, 5.74) is 1.65. The Morgan fingerprint density at radius 3 is 2.81 bits per heavy atom. The van der Waals surface area contributed by atoms with Gasteiger partial charge in [0.25, 0.3) is 0 Å². The fraction of sp³-hybridized carbons (Fsp3) is 0.600. The van der Waals surface area contributed by atoms with Gasteiger partial charge in [-0.2, -0.15) is 0 Å². The van der Waals surface area contributed by atoms with Crippen molar-refractivity contribution < 1.29 is 19.7 Å². The van der Waals surface area contributed by atoms with Gasteiger partial charge in [-0.3, -0.25) is 9.78 Å². The number of aliphatic carboxylic acids is 1. The number of aliphatic hydroxyl groups excluding tert-OH is 1. The fourth-order valence-corrected chi connectivity index (χ4v) is 5.13. The molecule has 2 N–H and O–H groups in total. The topological polar surface area (TPSA) is 82.9 Å². The van der Waals surface area contributed by atoms with Gasteiger partial charge in [0.15, 0.2) is 0 Å². The highest BCUT2D eigenvalue weighted by atomic mass is 16.5. The summed E-state index contributed by atoms with van der Waals surface area (Å²) in [7, 11) is 1.62. The van der Waals surface area contributed by atoms with Crippen molar-refractivity contribution in [3.8, 4) is 5.75 Å². The second-order valence-corrected chi connectivity index (χ2v) is 9.26. The van der Waals surface area contributed by atoms with Crippen molar-refractivity contribution in [3.63, 3.8) is 0 Å². The number of hydrogen-bond acceptors (Lipinski definition) is 5. The van der Waals surface area contributed by atoms with Crippen molar-refractivity contribution in [1.82, 2.24) is 9.88 Å². The summed E-state index contributed by atoms with van der Waals surface area (Å²) in [6.07, 6.45) is 8.45. The number of piperidine rings is 1. The normalized spacial score (nSPS) is 23.4. The maximum atomic E-state index is 12.0.